The minimum Gasteiger partial charge on any atom is -0.377 e. The van der Waals surface area contributed by atoms with Crippen molar-refractivity contribution in [3.63, 3.8) is 0 Å². The maximum Gasteiger partial charge on any atom is 0.228 e. The van der Waals surface area contributed by atoms with Gasteiger partial charge in [0.15, 0.2) is 0 Å². The number of carbonyl (C=O) groups excluding carboxylic acids is 2. The van der Waals surface area contributed by atoms with E-state index in [0.29, 0.717) is 19.5 Å². The molecule has 0 aliphatic carbocycles. The first-order chi connectivity index (χ1) is 13.6. The van der Waals surface area contributed by atoms with E-state index in [9.17, 15) is 9.59 Å². The van der Waals surface area contributed by atoms with Gasteiger partial charge in [0.05, 0.1) is 0 Å². The number of benzene rings is 1. The molecular formula is C24H42N4O2. The molecule has 0 saturated carbocycles. The molecule has 6 heteroatoms. The molecule has 0 aliphatic heterocycles. The van der Waals surface area contributed by atoms with E-state index in [1.165, 1.54) is 0 Å². The molecule has 170 valence electrons. The number of hydrogen-bond donors (Lipinski definition) is 1. The van der Waals surface area contributed by atoms with Crippen LogP contribution in [-0.4, -0.2) is 62.9 Å². The second-order valence-electron chi connectivity index (χ2n) is 10.8. The molecule has 0 atom stereocenters. The molecule has 30 heavy (non-hydrogen) atoms. The van der Waals surface area contributed by atoms with Crippen molar-refractivity contribution in [1.82, 2.24) is 9.80 Å². The van der Waals surface area contributed by atoms with E-state index < -0.39 is 5.41 Å². The van der Waals surface area contributed by atoms with E-state index >= 15 is 0 Å². The SMILES string of the molecule is CN(C)CCN(Cc1cc(NC(=O)CC(C)(C)C)ccc1N(C)C)C(=O)C(C)(C)C. The van der Waals surface area contributed by atoms with Gasteiger partial charge in [0.2, 0.25) is 11.8 Å². The molecule has 0 unspecified atom stereocenters. The van der Waals surface area contributed by atoms with Gasteiger partial charge in [-0.3, -0.25) is 9.59 Å². The van der Waals surface area contributed by atoms with E-state index in [4.69, 9.17) is 0 Å². The van der Waals surface area contributed by atoms with Crippen molar-refractivity contribution in [2.45, 2.75) is 54.5 Å². The first-order valence-electron chi connectivity index (χ1n) is 10.6. The van der Waals surface area contributed by atoms with Crippen molar-refractivity contribution < 1.29 is 9.59 Å². The predicted octanol–water partition coefficient (Wildman–Crippen LogP) is 4.06. The van der Waals surface area contributed by atoms with Gasteiger partial charge < -0.3 is 20.0 Å². The third kappa shape index (κ3) is 8.74. The number of nitrogens with zero attached hydrogens (tertiary/aromatic N) is 3. The van der Waals surface area contributed by atoms with Crippen LogP contribution < -0.4 is 10.2 Å². The maximum atomic E-state index is 13.1. The van der Waals surface area contributed by atoms with Gasteiger partial charge in [-0.15, -0.1) is 0 Å². The van der Waals surface area contributed by atoms with Crippen molar-refractivity contribution in [3.05, 3.63) is 23.8 Å². The molecular weight excluding hydrogens is 376 g/mol. The van der Waals surface area contributed by atoms with Crippen LogP contribution in [0.25, 0.3) is 0 Å². The Hall–Kier alpha value is -2.08. The second kappa shape index (κ2) is 10.3. The van der Waals surface area contributed by atoms with E-state index in [-0.39, 0.29) is 17.2 Å². The first-order valence-corrected chi connectivity index (χ1v) is 10.6. The van der Waals surface area contributed by atoms with E-state index in [0.717, 1.165) is 23.5 Å². The molecule has 1 aromatic carbocycles. The fourth-order valence-corrected chi connectivity index (χ4v) is 3.17. The highest BCUT2D eigenvalue weighted by Crippen LogP contribution is 2.27. The predicted molar refractivity (Wildman–Crippen MR) is 127 cm³/mol. The number of rotatable bonds is 8. The molecule has 0 spiro atoms. The minimum absolute atomic E-state index is 0.00119. The monoisotopic (exact) mass is 418 g/mol. The molecule has 6 nitrogen and oxygen atoms in total. The average Bonchev–Trinajstić information content (AvgIpc) is 2.55. The number of hydrogen-bond acceptors (Lipinski definition) is 4. The fourth-order valence-electron chi connectivity index (χ4n) is 3.17. The Kier molecular flexibility index (Phi) is 8.90. The van der Waals surface area contributed by atoms with Gasteiger partial charge in [0, 0.05) is 56.9 Å². The van der Waals surface area contributed by atoms with Gasteiger partial charge in [-0.05, 0) is 43.3 Å². The first kappa shape index (κ1) is 26.0. The summed E-state index contributed by atoms with van der Waals surface area (Å²) in [5.74, 6) is 0.123. The lowest BCUT2D eigenvalue weighted by molar-refractivity contribution is -0.140. The van der Waals surface area contributed by atoms with Gasteiger partial charge in [0.25, 0.3) is 0 Å². The summed E-state index contributed by atoms with van der Waals surface area (Å²) in [4.78, 5) is 31.6. The Morgan fingerprint density at radius 3 is 2.00 bits per heavy atom. The van der Waals surface area contributed by atoms with Crippen LogP contribution >= 0.6 is 0 Å². The minimum atomic E-state index is -0.455. The molecule has 0 bridgehead atoms. The van der Waals surface area contributed by atoms with Crippen molar-refractivity contribution in [2.75, 3.05) is 51.5 Å². The van der Waals surface area contributed by atoms with Crippen LogP contribution in [0.1, 0.15) is 53.5 Å². The number of carbonyl (C=O) groups is 2. The summed E-state index contributed by atoms with van der Waals surface area (Å²) >= 11 is 0. The summed E-state index contributed by atoms with van der Waals surface area (Å²) in [6.45, 7) is 13.9. The summed E-state index contributed by atoms with van der Waals surface area (Å²) in [5.41, 5.74) is 2.30. The summed E-state index contributed by atoms with van der Waals surface area (Å²) in [7, 11) is 8.01. The Morgan fingerprint density at radius 2 is 1.53 bits per heavy atom. The second-order valence-corrected chi connectivity index (χ2v) is 10.8. The Bertz CT molecular complexity index is 728. The van der Waals surface area contributed by atoms with Crippen LogP contribution in [0, 0.1) is 10.8 Å². The third-order valence-electron chi connectivity index (χ3n) is 4.64. The normalized spacial score (nSPS) is 12.1. The smallest absolute Gasteiger partial charge is 0.228 e. The maximum absolute atomic E-state index is 13.1. The van der Waals surface area contributed by atoms with Crippen LogP contribution in [-0.2, 0) is 16.1 Å². The van der Waals surface area contributed by atoms with Gasteiger partial charge in [-0.1, -0.05) is 41.5 Å². The number of nitrogens with one attached hydrogen (secondary N) is 1. The van der Waals surface area contributed by atoms with Crippen LogP contribution in [0.15, 0.2) is 18.2 Å². The van der Waals surface area contributed by atoms with Crippen molar-refractivity contribution >= 4 is 23.2 Å². The summed E-state index contributed by atoms with van der Waals surface area (Å²) in [6.07, 6.45) is 0.454. The molecule has 0 aromatic heterocycles. The van der Waals surface area contributed by atoms with Crippen LogP contribution in [0.3, 0.4) is 0 Å². The molecule has 0 fully saturated rings. The zero-order valence-corrected chi connectivity index (χ0v) is 20.7. The Balaban J connectivity index is 3.19. The number of likely N-dealkylation sites (N-methyl/N-ethyl adjacent to an activating group) is 1. The topological polar surface area (TPSA) is 55.9 Å². The lowest BCUT2D eigenvalue weighted by atomic mass is 9.92. The molecule has 1 rings (SSSR count). The van der Waals surface area contributed by atoms with Crippen molar-refractivity contribution in [1.29, 1.82) is 0 Å². The van der Waals surface area contributed by atoms with Gasteiger partial charge in [0.1, 0.15) is 0 Å². The number of amides is 2. The average molecular weight is 419 g/mol. The highest BCUT2D eigenvalue weighted by Gasteiger charge is 2.28. The van der Waals surface area contributed by atoms with Crippen molar-refractivity contribution in [2.24, 2.45) is 10.8 Å². The lowest BCUT2D eigenvalue weighted by Gasteiger charge is -2.32. The highest BCUT2D eigenvalue weighted by molar-refractivity contribution is 5.91. The van der Waals surface area contributed by atoms with E-state index in [1.54, 1.807) is 0 Å². The summed E-state index contributed by atoms with van der Waals surface area (Å²) in [6, 6.07) is 5.93. The van der Waals surface area contributed by atoms with Crippen molar-refractivity contribution in [3.8, 4) is 0 Å². The quantitative estimate of drug-likeness (QED) is 0.692. The zero-order chi connectivity index (χ0) is 23.3. The van der Waals surface area contributed by atoms with Gasteiger partial charge in [-0.2, -0.15) is 0 Å². The third-order valence-corrected chi connectivity index (χ3v) is 4.64. The number of anilines is 2. The van der Waals surface area contributed by atoms with Gasteiger partial charge >= 0.3 is 0 Å². The Labute approximate surface area is 183 Å². The van der Waals surface area contributed by atoms with Crippen LogP contribution in [0.5, 0.6) is 0 Å². The zero-order valence-electron chi connectivity index (χ0n) is 20.7. The van der Waals surface area contributed by atoms with E-state index in [2.05, 4.69) is 10.2 Å². The highest BCUT2D eigenvalue weighted by atomic mass is 16.2. The molecule has 0 saturated heterocycles. The molecule has 0 radical (unpaired) electrons. The largest absolute Gasteiger partial charge is 0.377 e. The van der Waals surface area contributed by atoms with E-state index in [1.807, 2.05) is 97.7 Å². The summed E-state index contributed by atoms with van der Waals surface area (Å²) in [5, 5.41) is 3.02. The van der Waals surface area contributed by atoms with Gasteiger partial charge in [-0.25, -0.2) is 0 Å². The molecule has 2 amide bonds. The molecule has 1 aromatic rings. The molecule has 0 heterocycles. The standard InChI is InChI=1S/C24H42N4O2/c1-23(2,3)16-21(29)25-19-11-12-20(27(9)10)18(15-19)17-28(14-13-26(7)8)22(30)24(4,5)6/h11-12,15H,13-14,16-17H2,1-10H3,(H,25,29). The fraction of sp³-hybridized carbons (Fsp3) is 0.667. The van der Waals surface area contributed by atoms with Crippen LogP contribution in [0.4, 0.5) is 11.4 Å². The van der Waals surface area contributed by atoms with Crippen LogP contribution in [0.2, 0.25) is 0 Å². The lowest BCUT2D eigenvalue weighted by Crippen LogP contribution is -2.42. The molecule has 0 aliphatic rings. The summed E-state index contributed by atoms with van der Waals surface area (Å²) < 4.78 is 0. The Morgan fingerprint density at radius 1 is 0.933 bits per heavy atom. The molecule has 1 N–H and O–H groups in total.